The fourth-order valence-electron chi connectivity index (χ4n) is 3.31. The molecule has 0 spiro atoms. The largest absolute Gasteiger partial charge is 0.369 e. The Balaban J connectivity index is 1.46. The number of aromatic nitrogens is 2. The SMILES string of the molecule is CC(C)(C)S(=O)(=O)N[C@H]1CC[C@H](CNc2cnc(-c3ccccc3)cn2)CC1. The molecule has 152 valence electrons. The second kappa shape index (κ2) is 8.57. The summed E-state index contributed by atoms with van der Waals surface area (Å²) in [6, 6.07) is 10.0. The number of nitrogens with zero attached hydrogens (tertiary/aromatic N) is 2. The van der Waals surface area contributed by atoms with Gasteiger partial charge in [0.05, 0.1) is 22.8 Å². The molecule has 2 N–H and O–H groups in total. The minimum Gasteiger partial charge on any atom is -0.369 e. The van der Waals surface area contributed by atoms with Crippen molar-refractivity contribution in [3.8, 4) is 11.3 Å². The maximum atomic E-state index is 12.3. The molecule has 1 aliphatic rings. The van der Waals surface area contributed by atoms with E-state index in [1.165, 1.54) is 0 Å². The molecule has 3 rings (SSSR count). The van der Waals surface area contributed by atoms with Crippen molar-refractivity contribution in [2.24, 2.45) is 5.92 Å². The van der Waals surface area contributed by atoms with E-state index in [1.54, 1.807) is 33.2 Å². The van der Waals surface area contributed by atoms with Crippen LogP contribution in [0.4, 0.5) is 5.82 Å². The molecule has 1 saturated carbocycles. The van der Waals surface area contributed by atoms with Gasteiger partial charge < -0.3 is 5.32 Å². The first-order valence-electron chi connectivity index (χ1n) is 9.88. The van der Waals surface area contributed by atoms with Crippen LogP contribution in [0.15, 0.2) is 42.7 Å². The molecule has 0 saturated heterocycles. The lowest BCUT2D eigenvalue weighted by molar-refractivity contribution is 0.322. The summed E-state index contributed by atoms with van der Waals surface area (Å²) < 4.78 is 26.7. The summed E-state index contributed by atoms with van der Waals surface area (Å²) >= 11 is 0. The third-order valence-electron chi connectivity index (χ3n) is 5.27. The van der Waals surface area contributed by atoms with Gasteiger partial charge in [0.15, 0.2) is 0 Å². The maximum absolute atomic E-state index is 12.3. The van der Waals surface area contributed by atoms with E-state index in [9.17, 15) is 8.42 Å². The minimum atomic E-state index is -3.28. The number of hydrogen-bond donors (Lipinski definition) is 2. The van der Waals surface area contributed by atoms with Crippen LogP contribution >= 0.6 is 0 Å². The first kappa shape index (κ1) is 20.7. The molecule has 28 heavy (non-hydrogen) atoms. The van der Waals surface area contributed by atoms with Gasteiger partial charge in [0.25, 0.3) is 0 Å². The molecule has 1 heterocycles. The molecule has 6 nitrogen and oxygen atoms in total. The zero-order valence-electron chi connectivity index (χ0n) is 16.9. The Labute approximate surface area is 168 Å². The zero-order valence-corrected chi connectivity index (χ0v) is 17.7. The van der Waals surface area contributed by atoms with Gasteiger partial charge in [-0.25, -0.2) is 18.1 Å². The summed E-state index contributed by atoms with van der Waals surface area (Å²) in [6.07, 6.45) is 7.31. The van der Waals surface area contributed by atoms with Gasteiger partial charge in [-0.1, -0.05) is 30.3 Å². The predicted octanol–water partition coefficient (Wildman–Crippen LogP) is 3.83. The van der Waals surface area contributed by atoms with Gasteiger partial charge in [0.1, 0.15) is 5.82 Å². The van der Waals surface area contributed by atoms with Gasteiger partial charge in [0, 0.05) is 18.2 Å². The smallest absolute Gasteiger partial charge is 0.216 e. The van der Waals surface area contributed by atoms with Crippen molar-refractivity contribution in [1.29, 1.82) is 0 Å². The van der Waals surface area contributed by atoms with E-state index in [0.29, 0.717) is 5.92 Å². The van der Waals surface area contributed by atoms with E-state index in [1.807, 2.05) is 30.3 Å². The Bertz CT molecular complexity index is 854. The lowest BCUT2D eigenvalue weighted by Gasteiger charge is -2.31. The Kier molecular flexibility index (Phi) is 6.35. The zero-order chi connectivity index (χ0) is 20.2. The van der Waals surface area contributed by atoms with Gasteiger partial charge >= 0.3 is 0 Å². The van der Waals surface area contributed by atoms with Crippen molar-refractivity contribution in [3.05, 3.63) is 42.7 Å². The number of benzene rings is 1. The highest BCUT2D eigenvalue weighted by Gasteiger charge is 2.32. The van der Waals surface area contributed by atoms with E-state index in [4.69, 9.17) is 0 Å². The summed E-state index contributed by atoms with van der Waals surface area (Å²) in [7, 11) is -3.28. The number of nitrogens with one attached hydrogen (secondary N) is 2. The van der Waals surface area contributed by atoms with Crippen LogP contribution in [0.5, 0.6) is 0 Å². The number of rotatable bonds is 6. The van der Waals surface area contributed by atoms with Gasteiger partial charge in [-0.3, -0.25) is 4.98 Å². The van der Waals surface area contributed by atoms with E-state index in [-0.39, 0.29) is 6.04 Å². The van der Waals surface area contributed by atoms with Crippen molar-refractivity contribution in [1.82, 2.24) is 14.7 Å². The summed E-state index contributed by atoms with van der Waals surface area (Å²) in [5.41, 5.74) is 1.91. The van der Waals surface area contributed by atoms with Gasteiger partial charge in [0.2, 0.25) is 10.0 Å². The Morgan fingerprint density at radius 2 is 1.68 bits per heavy atom. The molecule has 2 aromatic rings. The fourth-order valence-corrected chi connectivity index (χ4v) is 4.33. The maximum Gasteiger partial charge on any atom is 0.216 e. The van der Waals surface area contributed by atoms with Crippen molar-refractivity contribution in [3.63, 3.8) is 0 Å². The van der Waals surface area contributed by atoms with Crippen molar-refractivity contribution in [2.45, 2.75) is 57.2 Å². The van der Waals surface area contributed by atoms with Crippen LogP contribution in [0.1, 0.15) is 46.5 Å². The van der Waals surface area contributed by atoms with Gasteiger partial charge in [-0.15, -0.1) is 0 Å². The molecule has 7 heteroatoms. The molecule has 1 aromatic carbocycles. The van der Waals surface area contributed by atoms with Crippen molar-refractivity contribution in [2.75, 3.05) is 11.9 Å². The van der Waals surface area contributed by atoms with Gasteiger partial charge in [-0.05, 0) is 52.4 Å². The predicted molar refractivity (Wildman–Crippen MR) is 114 cm³/mol. The lowest BCUT2D eigenvalue weighted by atomic mass is 9.86. The fraction of sp³-hybridized carbons (Fsp3) is 0.524. The van der Waals surface area contributed by atoms with Crippen molar-refractivity contribution < 1.29 is 8.42 Å². The molecule has 1 fully saturated rings. The number of hydrogen-bond acceptors (Lipinski definition) is 5. The van der Waals surface area contributed by atoms with Crippen molar-refractivity contribution >= 4 is 15.8 Å². The molecule has 1 aromatic heterocycles. The second-order valence-electron chi connectivity index (χ2n) is 8.49. The molecule has 0 amide bonds. The van der Waals surface area contributed by atoms with E-state index >= 15 is 0 Å². The van der Waals surface area contributed by atoms with Crippen LogP contribution in [0.2, 0.25) is 0 Å². The summed E-state index contributed by atoms with van der Waals surface area (Å²) in [6.45, 7) is 6.02. The minimum absolute atomic E-state index is 0.0467. The normalized spacial score (nSPS) is 20.7. The molecule has 0 radical (unpaired) electrons. The monoisotopic (exact) mass is 402 g/mol. The molecule has 0 atom stereocenters. The lowest BCUT2D eigenvalue weighted by Crippen LogP contribution is -2.46. The standard InChI is InChI=1S/C21H30N4O2S/c1-21(2,3)28(26,27)25-18-11-9-16(10-12-18)13-23-20-15-22-19(14-24-20)17-7-5-4-6-8-17/h4-8,14-16,18,25H,9-13H2,1-3H3,(H,23,24)/t16-,18-. The average molecular weight is 403 g/mol. The van der Waals surface area contributed by atoms with Crippen LogP contribution in [-0.2, 0) is 10.0 Å². The summed E-state index contributed by atoms with van der Waals surface area (Å²) in [4.78, 5) is 8.95. The molecule has 1 aliphatic carbocycles. The number of anilines is 1. The van der Waals surface area contributed by atoms with Crippen LogP contribution in [-0.4, -0.2) is 35.7 Å². The summed E-state index contributed by atoms with van der Waals surface area (Å²) in [5, 5.41) is 3.37. The van der Waals surface area contributed by atoms with Crippen LogP contribution in [0, 0.1) is 5.92 Å². The highest BCUT2D eigenvalue weighted by atomic mass is 32.2. The average Bonchev–Trinajstić information content (AvgIpc) is 2.67. The van der Waals surface area contributed by atoms with Crippen LogP contribution in [0.25, 0.3) is 11.3 Å². The quantitative estimate of drug-likeness (QED) is 0.767. The highest BCUT2D eigenvalue weighted by molar-refractivity contribution is 7.90. The van der Waals surface area contributed by atoms with Gasteiger partial charge in [-0.2, -0.15) is 0 Å². The molecular weight excluding hydrogens is 372 g/mol. The third-order valence-corrected chi connectivity index (χ3v) is 7.52. The Morgan fingerprint density at radius 1 is 1.00 bits per heavy atom. The third kappa shape index (κ3) is 5.29. The first-order chi connectivity index (χ1) is 13.2. The highest BCUT2D eigenvalue weighted by Crippen LogP contribution is 2.26. The number of sulfonamides is 1. The molecule has 0 aliphatic heterocycles. The van der Waals surface area contributed by atoms with Crippen LogP contribution < -0.4 is 10.0 Å². The molecule has 0 bridgehead atoms. The topological polar surface area (TPSA) is 84.0 Å². The molecule has 0 unspecified atom stereocenters. The van der Waals surface area contributed by atoms with E-state index < -0.39 is 14.8 Å². The van der Waals surface area contributed by atoms with Crippen LogP contribution in [0.3, 0.4) is 0 Å². The van der Waals surface area contributed by atoms with E-state index in [0.717, 1.165) is 49.3 Å². The Hall–Kier alpha value is -1.99. The first-order valence-corrected chi connectivity index (χ1v) is 11.4. The molecular formula is C21H30N4O2S. The Morgan fingerprint density at radius 3 is 2.25 bits per heavy atom. The summed E-state index contributed by atoms with van der Waals surface area (Å²) in [5.74, 6) is 1.29. The van der Waals surface area contributed by atoms with E-state index in [2.05, 4.69) is 20.0 Å². The second-order valence-corrected chi connectivity index (χ2v) is 11.0.